The van der Waals surface area contributed by atoms with E-state index in [-0.39, 0.29) is 18.4 Å². The van der Waals surface area contributed by atoms with Crippen molar-refractivity contribution in [1.29, 1.82) is 0 Å². The molecule has 0 bridgehead atoms. The number of para-hydroxylation sites is 2. The molecule has 2 N–H and O–H groups in total. The van der Waals surface area contributed by atoms with Gasteiger partial charge in [0.05, 0.1) is 17.1 Å². The number of aryl methyl sites for hydroxylation is 1. The molecule has 0 saturated carbocycles. The highest BCUT2D eigenvalue weighted by atomic mass is 35.5. The number of aromatic nitrogens is 2. The molecule has 1 heterocycles. The third-order valence-electron chi connectivity index (χ3n) is 3.45. The first kappa shape index (κ1) is 14.6. The summed E-state index contributed by atoms with van der Waals surface area (Å²) in [4.78, 5) is 4.65. The first-order chi connectivity index (χ1) is 9.25. The second kappa shape index (κ2) is 6.07. The number of halogens is 1. The predicted molar refractivity (Wildman–Crippen MR) is 85.0 cm³/mol. The van der Waals surface area contributed by atoms with Crippen LogP contribution in [0.4, 0.5) is 0 Å². The zero-order chi connectivity index (χ0) is 13.2. The minimum Gasteiger partial charge on any atom is -0.330 e. The van der Waals surface area contributed by atoms with Crippen LogP contribution >= 0.6 is 12.4 Å². The van der Waals surface area contributed by atoms with E-state index in [4.69, 9.17) is 5.73 Å². The number of fused-ring (bicyclic) bond motifs is 1. The molecule has 0 spiro atoms. The number of imidazole rings is 1. The molecule has 3 aromatic rings. The van der Waals surface area contributed by atoms with Crippen LogP contribution in [-0.4, -0.2) is 9.55 Å². The van der Waals surface area contributed by atoms with Gasteiger partial charge in [-0.15, -0.1) is 12.4 Å². The fourth-order valence-corrected chi connectivity index (χ4v) is 2.46. The summed E-state index contributed by atoms with van der Waals surface area (Å²) < 4.78 is 2.09. The van der Waals surface area contributed by atoms with E-state index in [1.165, 1.54) is 5.56 Å². The van der Waals surface area contributed by atoms with Crippen molar-refractivity contribution in [2.75, 3.05) is 0 Å². The number of hydrogen-bond acceptors (Lipinski definition) is 2. The third kappa shape index (κ3) is 2.69. The summed E-state index contributed by atoms with van der Waals surface area (Å²) in [6.45, 7) is 0. The highest BCUT2D eigenvalue weighted by Crippen LogP contribution is 2.20. The minimum atomic E-state index is -0.0835. The molecule has 20 heavy (non-hydrogen) atoms. The van der Waals surface area contributed by atoms with Crippen LogP contribution in [-0.2, 0) is 13.5 Å². The highest BCUT2D eigenvalue weighted by molar-refractivity contribution is 5.85. The maximum atomic E-state index is 6.31. The molecule has 3 nitrogen and oxygen atoms in total. The van der Waals surface area contributed by atoms with Crippen LogP contribution in [0.2, 0.25) is 0 Å². The Balaban J connectivity index is 0.00000147. The molecule has 0 aliphatic carbocycles. The van der Waals surface area contributed by atoms with Crippen molar-refractivity contribution in [3.8, 4) is 0 Å². The maximum Gasteiger partial charge on any atom is 0.126 e. The molecule has 0 aliphatic heterocycles. The molecule has 3 rings (SSSR count). The summed E-state index contributed by atoms with van der Waals surface area (Å²) in [6, 6.07) is 18.3. The molecule has 0 radical (unpaired) electrons. The Morgan fingerprint density at radius 3 is 2.40 bits per heavy atom. The van der Waals surface area contributed by atoms with Gasteiger partial charge in [0.25, 0.3) is 0 Å². The largest absolute Gasteiger partial charge is 0.330 e. The molecule has 0 aliphatic rings. The Morgan fingerprint density at radius 1 is 1.05 bits per heavy atom. The van der Waals surface area contributed by atoms with Gasteiger partial charge >= 0.3 is 0 Å². The van der Waals surface area contributed by atoms with Gasteiger partial charge in [-0.25, -0.2) is 4.98 Å². The summed E-state index contributed by atoms with van der Waals surface area (Å²) in [5.74, 6) is 0.935. The van der Waals surface area contributed by atoms with Crippen LogP contribution in [0.25, 0.3) is 11.0 Å². The van der Waals surface area contributed by atoms with Gasteiger partial charge in [-0.3, -0.25) is 0 Å². The number of benzene rings is 2. The molecule has 0 fully saturated rings. The molecular formula is C16H18ClN3. The summed E-state index contributed by atoms with van der Waals surface area (Å²) in [7, 11) is 2.02. The summed E-state index contributed by atoms with van der Waals surface area (Å²) in [6.07, 6.45) is 0.804. The van der Waals surface area contributed by atoms with Crippen molar-refractivity contribution in [3.05, 3.63) is 66.0 Å². The van der Waals surface area contributed by atoms with Gasteiger partial charge in [-0.1, -0.05) is 42.5 Å². The highest BCUT2D eigenvalue weighted by Gasteiger charge is 2.14. The Morgan fingerprint density at radius 2 is 1.70 bits per heavy atom. The average molecular weight is 288 g/mol. The van der Waals surface area contributed by atoms with Crippen LogP contribution < -0.4 is 5.73 Å². The number of nitrogens with zero attached hydrogens (tertiary/aromatic N) is 2. The van der Waals surface area contributed by atoms with Crippen LogP contribution in [0.15, 0.2) is 54.6 Å². The van der Waals surface area contributed by atoms with Gasteiger partial charge in [0.1, 0.15) is 5.82 Å². The van der Waals surface area contributed by atoms with E-state index in [1.807, 2.05) is 43.4 Å². The summed E-state index contributed by atoms with van der Waals surface area (Å²) in [5.41, 5.74) is 9.68. The van der Waals surface area contributed by atoms with E-state index >= 15 is 0 Å². The normalized spacial score (nSPS) is 12.1. The van der Waals surface area contributed by atoms with Gasteiger partial charge in [0, 0.05) is 7.05 Å². The zero-order valence-electron chi connectivity index (χ0n) is 11.4. The lowest BCUT2D eigenvalue weighted by atomic mass is 10.1. The maximum absolute atomic E-state index is 6.31. The fourth-order valence-electron chi connectivity index (χ4n) is 2.46. The summed E-state index contributed by atoms with van der Waals surface area (Å²) >= 11 is 0. The van der Waals surface area contributed by atoms with Gasteiger partial charge in [-0.05, 0) is 24.1 Å². The van der Waals surface area contributed by atoms with Crippen molar-refractivity contribution in [3.63, 3.8) is 0 Å². The molecule has 2 aromatic carbocycles. The standard InChI is InChI=1S/C16H17N3.ClH/c1-19-15-10-6-5-9-14(15)18-16(19)13(17)11-12-7-3-2-4-8-12;/h2-10,13H,11,17H2,1H3;1H/t13-;/m0./s1. The second-order valence-electron chi connectivity index (χ2n) is 4.81. The summed E-state index contributed by atoms with van der Waals surface area (Å²) in [5, 5.41) is 0. The third-order valence-corrected chi connectivity index (χ3v) is 3.45. The monoisotopic (exact) mass is 287 g/mol. The van der Waals surface area contributed by atoms with E-state index in [9.17, 15) is 0 Å². The molecule has 4 heteroatoms. The van der Waals surface area contributed by atoms with E-state index in [0.717, 1.165) is 23.3 Å². The number of rotatable bonds is 3. The Kier molecular flexibility index (Phi) is 4.42. The predicted octanol–water partition coefficient (Wildman–Crippen LogP) is 3.24. The molecule has 1 aromatic heterocycles. The smallest absolute Gasteiger partial charge is 0.126 e. The van der Waals surface area contributed by atoms with Crippen molar-refractivity contribution in [1.82, 2.24) is 9.55 Å². The van der Waals surface area contributed by atoms with E-state index in [0.29, 0.717) is 0 Å². The quantitative estimate of drug-likeness (QED) is 0.804. The first-order valence-electron chi connectivity index (χ1n) is 6.46. The molecule has 104 valence electrons. The number of nitrogens with two attached hydrogens (primary N) is 1. The molecule has 0 unspecified atom stereocenters. The van der Waals surface area contributed by atoms with Gasteiger partial charge < -0.3 is 10.3 Å². The topological polar surface area (TPSA) is 43.8 Å². The van der Waals surface area contributed by atoms with Crippen molar-refractivity contribution in [2.24, 2.45) is 12.8 Å². The molecule has 0 amide bonds. The van der Waals surface area contributed by atoms with Crippen molar-refractivity contribution < 1.29 is 0 Å². The van der Waals surface area contributed by atoms with E-state index in [1.54, 1.807) is 0 Å². The Hall–Kier alpha value is -1.84. The van der Waals surface area contributed by atoms with Crippen LogP contribution in [0.5, 0.6) is 0 Å². The lowest BCUT2D eigenvalue weighted by Gasteiger charge is -2.11. The SMILES string of the molecule is Cl.Cn1c([C@@H](N)Cc2ccccc2)nc2ccccc21. The van der Waals surface area contributed by atoms with Crippen LogP contribution in [0.3, 0.4) is 0 Å². The van der Waals surface area contributed by atoms with E-state index < -0.39 is 0 Å². The fraction of sp³-hybridized carbons (Fsp3) is 0.188. The van der Waals surface area contributed by atoms with Crippen LogP contribution in [0, 0.1) is 0 Å². The second-order valence-corrected chi connectivity index (χ2v) is 4.81. The molecular weight excluding hydrogens is 270 g/mol. The van der Waals surface area contributed by atoms with E-state index in [2.05, 4.69) is 27.8 Å². The van der Waals surface area contributed by atoms with Gasteiger partial charge in [0.15, 0.2) is 0 Å². The van der Waals surface area contributed by atoms with Gasteiger partial charge in [0.2, 0.25) is 0 Å². The van der Waals surface area contributed by atoms with Crippen LogP contribution in [0.1, 0.15) is 17.4 Å². The molecule has 1 atom stereocenters. The lowest BCUT2D eigenvalue weighted by Crippen LogP contribution is -2.17. The Labute approximate surface area is 124 Å². The zero-order valence-corrected chi connectivity index (χ0v) is 12.2. The average Bonchev–Trinajstić information content (AvgIpc) is 2.78. The van der Waals surface area contributed by atoms with Crippen molar-refractivity contribution >= 4 is 23.4 Å². The van der Waals surface area contributed by atoms with Gasteiger partial charge in [-0.2, -0.15) is 0 Å². The lowest BCUT2D eigenvalue weighted by molar-refractivity contribution is 0.638. The number of hydrogen-bond donors (Lipinski definition) is 1. The first-order valence-corrected chi connectivity index (χ1v) is 6.46. The van der Waals surface area contributed by atoms with Crippen molar-refractivity contribution in [2.45, 2.75) is 12.5 Å². The molecule has 0 saturated heterocycles. The Bertz CT molecular complexity index is 691. The minimum absolute atomic E-state index is 0.